The summed E-state index contributed by atoms with van der Waals surface area (Å²) in [5.74, 6) is 1.24. The fourth-order valence-electron chi connectivity index (χ4n) is 4.89. The molecule has 10 nitrogen and oxygen atoms in total. The van der Waals surface area contributed by atoms with E-state index in [1.165, 1.54) is 4.57 Å². The fraction of sp³-hybridized carbons (Fsp3) is 0.357. The van der Waals surface area contributed by atoms with Crippen molar-refractivity contribution in [1.29, 1.82) is 0 Å². The Kier molecular flexibility index (Phi) is 7.16. The van der Waals surface area contributed by atoms with Gasteiger partial charge in [-0.2, -0.15) is 9.97 Å². The molecule has 0 unspecified atom stereocenters. The van der Waals surface area contributed by atoms with E-state index in [4.69, 9.17) is 14.2 Å². The molecule has 4 aromatic rings. The van der Waals surface area contributed by atoms with Crippen LogP contribution in [0.15, 0.2) is 54.6 Å². The summed E-state index contributed by atoms with van der Waals surface area (Å²) in [6.45, 7) is 3.57. The number of benzene rings is 2. The van der Waals surface area contributed by atoms with Crippen molar-refractivity contribution in [2.45, 2.75) is 6.43 Å². The number of anilines is 1. The van der Waals surface area contributed by atoms with E-state index in [0.717, 1.165) is 0 Å². The zero-order valence-electron chi connectivity index (χ0n) is 21.9. The molecule has 0 saturated carbocycles. The van der Waals surface area contributed by atoms with Crippen molar-refractivity contribution in [1.82, 2.24) is 24.4 Å². The molecule has 2 fully saturated rings. The Morgan fingerprint density at radius 1 is 1.05 bits per heavy atom. The number of para-hydroxylation sites is 2. The van der Waals surface area contributed by atoms with Crippen LogP contribution in [0.25, 0.3) is 16.9 Å². The minimum Gasteiger partial charge on any atom is -0.497 e. The molecule has 2 aromatic carbocycles. The maximum atomic E-state index is 14.1. The zero-order chi connectivity index (χ0) is 27.6. The first-order valence-electron chi connectivity index (χ1n) is 13.0. The number of fused-ring (bicyclic) bond motifs is 1. The van der Waals surface area contributed by atoms with E-state index < -0.39 is 12.2 Å². The summed E-state index contributed by atoms with van der Waals surface area (Å²) in [6.07, 6.45) is -2.80. The molecule has 2 aliphatic heterocycles. The number of rotatable bonds is 8. The second-order valence-electron chi connectivity index (χ2n) is 9.67. The Balaban J connectivity index is 1.22. The van der Waals surface area contributed by atoms with E-state index in [9.17, 15) is 13.6 Å². The topological polar surface area (TPSA) is 94.8 Å². The summed E-state index contributed by atoms with van der Waals surface area (Å²) in [7, 11) is 1.58. The van der Waals surface area contributed by atoms with Gasteiger partial charge in [-0.1, -0.05) is 12.1 Å². The molecule has 0 N–H and O–H groups in total. The van der Waals surface area contributed by atoms with Crippen molar-refractivity contribution >= 4 is 22.9 Å². The number of aromatic nitrogens is 4. The van der Waals surface area contributed by atoms with Crippen molar-refractivity contribution in [3.8, 4) is 17.4 Å². The van der Waals surface area contributed by atoms with Gasteiger partial charge in [-0.05, 0) is 36.4 Å². The summed E-state index contributed by atoms with van der Waals surface area (Å²) in [5.41, 5.74) is 1.56. The minimum absolute atomic E-state index is 0.0515. The van der Waals surface area contributed by atoms with Crippen molar-refractivity contribution in [3.63, 3.8) is 0 Å². The standard InChI is InChI=1S/C28H28F2N6O4/c1-38-20-8-6-19(7-9-20)27(37)35-15-18(16-35)17-40-24-14-23(32-28(33-24)34-10-12-39-13-11-34)36-22-5-3-2-4-21(22)31-26(36)25(29)30/h2-9,14,18,25H,10-13,15-17H2,1H3. The number of morpholine rings is 1. The van der Waals surface area contributed by atoms with E-state index >= 15 is 0 Å². The second kappa shape index (κ2) is 11.0. The molecule has 40 heavy (non-hydrogen) atoms. The molecule has 0 bridgehead atoms. The lowest BCUT2D eigenvalue weighted by Crippen LogP contribution is -2.52. The third-order valence-electron chi connectivity index (χ3n) is 7.03. The number of hydrogen-bond donors (Lipinski definition) is 0. The van der Waals surface area contributed by atoms with Crippen LogP contribution < -0.4 is 14.4 Å². The summed E-state index contributed by atoms with van der Waals surface area (Å²) < 4.78 is 46.1. The minimum atomic E-state index is -2.80. The quantitative estimate of drug-likeness (QED) is 0.328. The van der Waals surface area contributed by atoms with Gasteiger partial charge in [0.05, 0.1) is 38.0 Å². The average molecular weight is 551 g/mol. The lowest BCUT2D eigenvalue weighted by molar-refractivity contribution is 0.0388. The van der Waals surface area contributed by atoms with Gasteiger partial charge in [0.25, 0.3) is 12.3 Å². The molecule has 2 saturated heterocycles. The van der Waals surface area contributed by atoms with Gasteiger partial charge < -0.3 is 24.0 Å². The van der Waals surface area contributed by atoms with Crippen molar-refractivity contribution < 1.29 is 27.8 Å². The molecular formula is C28H28F2N6O4. The number of likely N-dealkylation sites (tertiary alicyclic amines) is 1. The van der Waals surface area contributed by atoms with Crippen LogP contribution in [0.1, 0.15) is 22.6 Å². The van der Waals surface area contributed by atoms with E-state index in [-0.39, 0.29) is 23.5 Å². The lowest BCUT2D eigenvalue weighted by atomic mass is 10.00. The van der Waals surface area contributed by atoms with E-state index in [0.29, 0.717) is 74.3 Å². The number of alkyl halides is 2. The first-order chi connectivity index (χ1) is 19.5. The van der Waals surface area contributed by atoms with Crippen LogP contribution in [0.5, 0.6) is 11.6 Å². The van der Waals surface area contributed by atoms with Crippen LogP contribution in [0, 0.1) is 5.92 Å². The molecule has 2 aromatic heterocycles. The summed E-state index contributed by atoms with van der Waals surface area (Å²) in [6, 6.07) is 15.5. The van der Waals surface area contributed by atoms with Crippen LogP contribution in [0.2, 0.25) is 0 Å². The molecule has 0 atom stereocenters. The molecule has 6 rings (SSSR count). The molecular weight excluding hydrogens is 522 g/mol. The summed E-state index contributed by atoms with van der Waals surface area (Å²) in [4.78, 5) is 29.9. The maximum Gasteiger partial charge on any atom is 0.296 e. The van der Waals surface area contributed by atoms with Crippen LogP contribution in [0.4, 0.5) is 14.7 Å². The van der Waals surface area contributed by atoms with Gasteiger partial charge >= 0.3 is 0 Å². The van der Waals surface area contributed by atoms with E-state index in [1.54, 1.807) is 66.6 Å². The molecule has 208 valence electrons. The Morgan fingerprint density at radius 3 is 2.52 bits per heavy atom. The van der Waals surface area contributed by atoms with Gasteiger partial charge in [-0.3, -0.25) is 9.36 Å². The Hall–Kier alpha value is -4.32. The molecule has 0 radical (unpaired) electrons. The van der Waals surface area contributed by atoms with E-state index in [1.807, 2.05) is 4.90 Å². The number of hydrogen-bond acceptors (Lipinski definition) is 8. The monoisotopic (exact) mass is 550 g/mol. The van der Waals surface area contributed by atoms with Crippen LogP contribution in [-0.4, -0.2) is 83.4 Å². The smallest absolute Gasteiger partial charge is 0.296 e. The first-order valence-corrected chi connectivity index (χ1v) is 13.0. The van der Waals surface area contributed by atoms with Gasteiger partial charge in [-0.25, -0.2) is 13.8 Å². The normalized spacial score (nSPS) is 15.9. The molecule has 1 amide bonds. The van der Waals surface area contributed by atoms with Gasteiger partial charge in [-0.15, -0.1) is 0 Å². The van der Waals surface area contributed by atoms with Crippen LogP contribution >= 0.6 is 0 Å². The highest BCUT2D eigenvalue weighted by molar-refractivity contribution is 5.94. The average Bonchev–Trinajstić information content (AvgIpc) is 3.37. The number of carbonyl (C=O) groups excluding carboxylic acids is 1. The Bertz CT molecular complexity index is 1500. The zero-order valence-corrected chi connectivity index (χ0v) is 21.9. The highest BCUT2D eigenvalue weighted by Crippen LogP contribution is 2.30. The number of methoxy groups -OCH3 is 1. The Labute approximate surface area is 229 Å². The van der Waals surface area contributed by atoms with Gasteiger partial charge in [0.1, 0.15) is 11.6 Å². The Morgan fingerprint density at radius 2 is 1.80 bits per heavy atom. The van der Waals surface area contributed by atoms with Gasteiger partial charge in [0, 0.05) is 43.7 Å². The second-order valence-corrected chi connectivity index (χ2v) is 9.67. The van der Waals surface area contributed by atoms with Gasteiger partial charge in [0.15, 0.2) is 5.82 Å². The summed E-state index contributed by atoms with van der Waals surface area (Å²) in [5, 5.41) is 0. The number of halogens is 2. The molecule has 4 heterocycles. The SMILES string of the molecule is COc1ccc(C(=O)N2CC(COc3cc(-n4c(C(F)F)nc5ccccc54)nc(N4CCOCC4)n3)C2)cc1. The van der Waals surface area contributed by atoms with Crippen LogP contribution in [-0.2, 0) is 4.74 Å². The number of ether oxygens (including phenoxy) is 3. The van der Waals surface area contributed by atoms with Crippen LogP contribution in [0.3, 0.4) is 0 Å². The largest absolute Gasteiger partial charge is 0.497 e. The van der Waals surface area contributed by atoms with E-state index in [2.05, 4.69) is 15.0 Å². The highest BCUT2D eigenvalue weighted by atomic mass is 19.3. The molecule has 0 spiro atoms. The maximum absolute atomic E-state index is 14.1. The number of carbonyl (C=O) groups is 1. The van der Waals surface area contributed by atoms with Crippen molar-refractivity contribution in [2.24, 2.45) is 5.92 Å². The third kappa shape index (κ3) is 5.14. The lowest BCUT2D eigenvalue weighted by Gasteiger charge is -2.39. The summed E-state index contributed by atoms with van der Waals surface area (Å²) >= 11 is 0. The number of amides is 1. The van der Waals surface area contributed by atoms with Crippen molar-refractivity contribution in [2.75, 3.05) is 58.0 Å². The first kappa shape index (κ1) is 25.9. The number of imidazole rings is 1. The molecule has 0 aliphatic carbocycles. The van der Waals surface area contributed by atoms with Gasteiger partial charge in [0.2, 0.25) is 11.8 Å². The molecule has 2 aliphatic rings. The third-order valence-corrected chi connectivity index (χ3v) is 7.03. The molecule has 12 heteroatoms. The fourth-order valence-corrected chi connectivity index (χ4v) is 4.89. The predicted octanol–water partition coefficient (Wildman–Crippen LogP) is 3.75. The van der Waals surface area contributed by atoms with Crippen molar-refractivity contribution in [3.05, 3.63) is 66.0 Å². The predicted molar refractivity (Wildman–Crippen MR) is 143 cm³/mol. The highest BCUT2D eigenvalue weighted by Gasteiger charge is 2.32. The number of nitrogens with zero attached hydrogens (tertiary/aromatic N) is 6.